The zero-order valence-corrected chi connectivity index (χ0v) is 19.0. The number of nitrogens with zero attached hydrogens (tertiary/aromatic N) is 1. The van der Waals surface area contributed by atoms with E-state index >= 15 is 0 Å². The molecule has 0 spiro atoms. The summed E-state index contributed by atoms with van der Waals surface area (Å²) in [7, 11) is 0. The predicted molar refractivity (Wildman–Crippen MR) is 119 cm³/mol. The van der Waals surface area contributed by atoms with Crippen molar-refractivity contribution in [3.63, 3.8) is 0 Å². The van der Waals surface area contributed by atoms with Gasteiger partial charge in [-0.05, 0) is 37.8 Å². The minimum Gasteiger partial charge on any atom is -0.375 e. The standard InChI is InChI=1S/C23H31N5O4/c1-22(2,3)17(29)11-27-21(32)23(4)10-13-9-16(13)28(23)18(30)12-26-15-8-6-5-7-14(15)19(24)20(25)31/h5-8,13,16,24,26H,9-12H2,1-4H3,(H2,25,31)(H,27,32)/p+1/t13-,16-,23?/m1/s1. The molecule has 1 heterocycles. The molecule has 2 aliphatic rings. The van der Waals surface area contributed by atoms with Crippen LogP contribution in [0.5, 0.6) is 0 Å². The second kappa shape index (κ2) is 8.37. The van der Waals surface area contributed by atoms with Crippen LogP contribution in [0.2, 0.25) is 0 Å². The Hall–Kier alpha value is -3.23. The summed E-state index contributed by atoms with van der Waals surface area (Å²) in [4.78, 5) is 51.5. The fourth-order valence-electron chi connectivity index (χ4n) is 4.28. The van der Waals surface area contributed by atoms with Crippen LogP contribution in [0, 0.1) is 11.3 Å². The minimum atomic E-state index is -1.01. The first-order chi connectivity index (χ1) is 14.9. The van der Waals surface area contributed by atoms with E-state index in [1.807, 2.05) is 0 Å². The van der Waals surface area contributed by atoms with Gasteiger partial charge in [0.2, 0.25) is 11.8 Å². The minimum absolute atomic E-state index is 0.0239. The highest BCUT2D eigenvalue weighted by Crippen LogP contribution is 2.52. The molecule has 9 nitrogen and oxygen atoms in total. The van der Waals surface area contributed by atoms with E-state index in [0.29, 0.717) is 23.6 Å². The van der Waals surface area contributed by atoms with Gasteiger partial charge in [0.25, 0.3) is 5.71 Å². The topological polar surface area (TPSA) is 147 Å². The van der Waals surface area contributed by atoms with Crippen molar-refractivity contribution in [2.45, 2.75) is 52.1 Å². The average molecular weight is 443 g/mol. The second-order valence-corrected chi connectivity index (χ2v) is 9.84. The molecule has 3 amide bonds. The number of hydrogen-bond acceptors (Lipinski definition) is 5. The number of Topliss-reactive ketones (excluding diaryl/α,β-unsaturated/α-hetero) is 1. The Kier molecular flexibility index (Phi) is 6.13. The molecule has 0 radical (unpaired) electrons. The molecule has 1 saturated heterocycles. The third-order valence-electron chi connectivity index (χ3n) is 6.32. The smallest absolute Gasteiger partial charge is 0.313 e. The van der Waals surface area contributed by atoms with Gasteiger partial charge < -0.3 is 21.3 Å². The lowest BCUT2D eigenvalue weighted by Crippen LogP contribution is -2.59. The van der Waals surface area contributed by atoms with E-state index in [2.05, 4.69) is 10.6 Å². The molecule has 1 unspecified atom stereocenters. The van der Waals surface area contributed by atoms with Gasteiger partial charge in [0, 0.05) is 17.1 Å². The summed E-state index contributed by atoms with van der Waals surface area (Å²) in [6, 6.07) is 6.83. The van der Waals surface area contributed by atoms with Gasteiger partial charge in [-0.15, -0.1) is 0 Å². The maximum absolute atomic E-state index is 13.2. The van der Waals surface area contributed by atoms with Gasteiger partial charge in [0.15, 0.2) is 5.78 Å². The summed E-state index contributed by atoms with van der Waals surface area (Å²) in [6.07, 6.45) is 1.44. The fourth-order valence-corrected chi connectivity index (χ4v) is 4.28. The van der Waals surface area contributed by atoms with Crippen molar-refractivity contribution >= 4 is 34.9 Å². The first kappa shape index (κ1) is 23.4. The number of amides is 3. The zero-order valence-electron chi connectivity index (χ0n) is 19.0. The number of rotatable bonds is 8. The quantitative estimate of drug-likeness (QED) is 0.391. The van der Waals surface area contributed by atoms with Crippen LogP contribution in [0.3, 0.4) is 0 Å². The van der Waals surface area contributed by atoms with E-state index in [4.69, 9.17) is 11.1 Å². The number of benzene rings is 1. The lowest BCUT2D eigenvalue weighted by atomic mass is 9.90. The van der Waals surface area contributed by atoms with Gasteiger partial charge in [0.1, 0.15) is 5.54 Å². The van der Waals surface area contributed by atoms with Gasteiger partial charge in [-0.3, -0.25) is 19.2 Å². The summed E-state index contributed by atoms with van der Waals surface area (Å²) in [6.45, 7) is 7.01. The highest BCUT2D eigenvalue weighted by Gasteiger charge is 2.62. The molecule has 0 bridgehead atoms. The van der Waals surface area contributed by atoms with Gasteiger partial charge in [-0.1, -0.05) is 32.9 Å². The van der Waals surface area contributed by atoms with Crippen LogP contribution in [-0.4, -0.2) is 58.8 Å². The Labute approximate surface area is 187 Å². The van der Waals surface area contributed by atoms with Crippen molar-refractivity contribution in [3.8, 4) is 0 Å². The number of carbonyl (C=O) groups is 4. The van der Waals surface area contributed by atoms with Crippen LogP contribution in [0.1, 0.15) is 46.1 Å². The molecule has 6 N–H and O–H groups in total. The molecular weight excluding hydrogens is 410 g/mol. The van der Waals surface area contributed by atoms with Crippen LogP contribution in [0.15, 0.2) is 24.3 Å². The van der Waals surface area contributed by atoms with E-state index in [1.165, 1.54) is 0 Å². The Morgan fingerprint density at radius 2 is 1.84 bits per heavy atom. The van der Waals surface area contributed by atoms with Crippen molar-refractivity contribution in [2.24, 2.45) is 17.1 Å². The molecule has 1 saturated carbocycles. The number of carbonyl (C=O) groups excluding carboxylic acids is 4. The van der Waals surface area contributed by atoms with E-state index in [-0.39, 0.29) is 42.4 Å². The van der Waals surface area contributed by atoms with E-state index < -0.39 is 16.9 Å². The first-order valence-corrected chi connectivity index (χ1v) is 10.8. The average Bonchev–Trinajstić information content (AvgIpc) is 3.39. The lowest BCUT2D eigenvalue weighted by molar-refractivity contribution is -0.145. The molecule has 3 rings (SSSR count). The van der Waals surface area contributed by atoms with Crippen molar-refractivity contribution in [3.05, 3.63) is 29.8 Å². The number of nitrogens with two attached hydrogens (primary N) is 2. The summed E-state index contributed by atoms with van der Waals surface area (Å²) >= 11 is 0. The van der Waals surface area contributed by atoms with E-state index in [0.717, 1.165) is 6.42 Å². The number of likely N-dealkylation sites (tertiary alicyclic amines) is 1. The van der Waals surface area contributed by atoms with Crippen LogP contribution >= 0.6 is 0 Å². The maximum Gasteiger partial charge on any atom is 0.313 e. The third-order valence-corrected chi connectivity index (χ3v) is 6.32. The lowest BCUT2D eigenvalue weighted by Gasteiger charge is -2.36. The summed E-state index contributed by atoms with van der Waals surface area (Å²) in [5, 5.41) is 11.6. The number of para-hydroxylation sites is 1. The summed E-state index contributed by atoms with van der Waals surface area (Å²) < 4.78 is 0. The predicted octanol–water partition coefficient (Wildman–Crippen LogP) is -0.757. The second-order valence-electron chi connectivity index (χ2n) is 9.84. The largest absolute Gasteiger partial charge is 0.375 e. The molecule has 9 heteroatoms. The SMILES string of the molecule is CC(C)(C)C(=O)CNC(=O)C1(C)C[C@H]2C[C@H]2N1C(=O)CNc1ccccc1C(=[NH2+])C(N)=O. The van der Waals surface area contributed by atoms with E-state index in [1.54, 1.807) is 56.9 Å². The molecule has 172 valence electrons. The number of ketones is 1. The molecule has 3 atom stereocenters. The molecule has 1 aliphatic carbocycles. The fraction of sp³-hybridized carbons (Fsp3) is 0.522. The molecule has 0 aromatic heterocycles. The summed E-state index contributed by atoms with van der Waals surface area (Å²) in [5.74, 6) is -1.08. The number of nitrogens with one attached hydrogen (secondary N) is 2. The van der Waals surface area contributed by atoms with E-state index in [9.17, 15) is 19.2 Å². The number of primary amides is 1. The Bertz CT molecular complexity index is 983. The molecule has 2 fully saturated rings. The summed E-state index contributed by atoms with van der Waals surface area (Å²) in [5.41, 5.74) is 4.55. The number of piperidine rings is 1. The molecule has 1 aromatic carbocycles. The van der Waals surface area contributed by atoms with Crippen LogP contribution < -0.4 is 21.8 Å². The normalized spacial score (nSPS) is 23.8. The van der Waals surface area contributed by atoms with Crippen molar-refractivity contribution < 1.29 is 24.6 Å². The van der Waals surface area contributed by atoms with Gasteiger partial charge in [-0.2, -0.15) is 0 Å². The van der Waals surface area contributed by atoms with Crippen molar-refractivity contribution in [2.75, 3.05) is 18.4 Å². The Morgan fingerprint density at radius 3 is 2.47 bits per heavy atom. The molecule has 1 aromatic rings. The van der Waals surface area contributed by atoms with Crippen LogP contribution in [0.4, 0.5) is 5.69 Å². The van der Waals surface area contributed by atoms with Gasteiger partial charge in [-0.25, -0.2) is 5.41 Å². The van der Waals surface area contributed by atoms with Gasteiger partial charge >= 0.3 is 5.91 Å². The van der Waals surface area contributed by atoms with Crippen LogP contribution in [-0.2, 0) is 19.2 Å². The molecule has 32 heavy (non-hydrogen) atoms. The first-order valence-electron chi connectivity index (χ1n) is 10.8. The highest BCUT2D eigenvalue weighted by atomic mass is 16.2. The maximum atomic E-state index is 13.2. The van der Waals surface area contributed by atoms with Crippen molar-refractivity contribution in [1.29, 1.82) is 0 Å². The number of fused-ring (bicyclic) bond motifs is 1. The van der Waals surface area contributed by atoms with Crippen molar-refractivity contribution in [1.82, 2.24) is 10.2 Å². The molecular formula is C23H32N5O4+. The highest BCUT2D eigenvalue weighted by molar-refractivity contribution is 6.43. The molecule has 1 aliphatic heterocycles. The van der Waals surface area contributed by atoms with Gasteiger partial charge in [0.05, 0.1) is 18.7 Å². The van der Waals surface area contributed by atoms with Crippen LogP contribution in [0.25, 0.3) is 0 Å². The number of hydrogen-bond donors (Lipinski definition) is 4. The zero-order chi connectivity index (χ0) is 23.8. The third kappa shape index (κ3) is 4.51. The Morgan fingerprint density at radius 1 is 1.19 bits per heavy atom. The Balaban J connectivity index is 1.70. The number of anilines is 1. The monoisotopic (exact) mass is 442 g/mol.